The molecule has 1 aliphatic carbocycles. The van der Waals surface area contributed by atoms with Gasteiger partial charge in [0.1, 0.15) is 12.1 Å². The van der Waals surface area contributed by atoms with Gasteiger partial charge in [0.25, 0.3) is 0 Å². The number of benzene rings is 1. The van der Waals surface area contributed by atoms with Crippen molar-refractivity contribution in [3.8, 4) is 5.75 Å². The van der Waals surface area contributed by atoms with Crippen LogP contribution >= 0.6 is 0 Å². The van der Waals surface area contributed by atoms with Crippen LogP contribution in [0.3, 0.4) is 0 Å². The minimum atomic E-state index is 0.114. The molecule has 4 rings (SSSR count). The third kappa shape index (κ3) is 2.24. The summed E-state index contributed by atoms with van der Waals surface area (Å²) < 4.78 is 7.19. The fourth-order valence-electron chi connectivity index (χ4n) is 3.18. The van der Waals surface area contributed by atoms with Gasteiger partial charge >= 0.3 is 0 Å². The molecule has 0 N–H and O–H groups in total. The Bertz CT molecular complexity index is 694. The van der Waals surface area contributed by atoms with Crippen molar-refractivity contribution >= 4 is 5.91 Å². The Labute approximate surface area is 128 Å². The molecule has 114 valence electrons. The van der Waals surface area contributed by atoms with Gasteiger partial charge in [-0.3, -0.25) is 4.79 Å². The van der Waals surface area contributed by atoms with Gasteiger partial charge in [0.15, 0.2) is 5.82 Å². The molecule has 2 atom stereocenters. The summed E-state index contributed by atoms with van der Waals surface area (Å²) in [4.78, 5) is 14.6. The number of carbonyl (C=O) groups excluding carboxylic acids is 1. The summed E-state index contributed by atoms with van der Waals surface area (Å²) in [6.07, 6.45) is 2.67. The number of fused-ring (bicyclic) bond motifs is 1. The molecule has 1 saturated carbocycles. The zero-order valence-corrected chi connectivity index (χ0v) is 12.5. The molecule has 0 bridgehead atoms. The zero-order chi connectivity index (χ0) is 15.1. The molecule has 0 radical (unpaired) electrons. The number of ether oxygens (including phenoxy) is 1. The van der Waals surface area contributed by atoms with E-state index in [1.807, 2.05) is 21.6 Å². The molecule has 22 heavy (non-hydrogen) atoms. The van der Waals surface area contributed by atoms with Crippen molar-refractivity contribution < 1.29 is 9.53 Å². The Hall–Kier alpha value is -2.37. The molecule has 1 aromatic carbocycles. The van der Waals surface area contributed by atoms with Crippen molar-refractivity contribution in [1.82, 2.24) is 19.7 Å². The highest BCUT2D eigenvalue weighted by Gasteiger charge is 2.46. The van der Waals surface area contributed by atoms with Crippen LogP contribution in [-0.2, 0) is 17.9 Å². The average molecular weight is 298 g/mol. The summed E-state index contributed by atoms with van der Waals surface area (Å²) in [6.45, 7) is 2.11. The first-order chi connectivity index (χ1) is 10.8. The number of hydrogen-bond acceptors (Lipinski definition) is 4. The van der Waals surface area contributed by atoms with Gasteiger partial charge in [-0.05, 0) is 30.0 Å². The summed E-state index contributed by atoms with van der Waals surface area (Å²) in [7, 11) is 1.66. The lowest BCUT2D eigenvalue weighted by Gasteiger charge is -2.27. The summed E-state index contributed by atoms with van der Waals surface area (Å²) in [5.74, 6) is 2.43. The van der Waals surface area contributed by atoms with Gasteiger partial charge in [0.05, 0.1) is 13.7 Å². The predicted molar refractivity (Wildman–Crippen MR) is 79.3 cm³/mol. The molecule has 0 unspecified atom stereocenters. The van der Waals surface area contributed by atoms with Gasteiger partial charge in [0, 0.05) is 19.0 Å². The van der Waals surface area contributed by atoms with Crippen LogP contribution in [0.15, 0.2) is 30.6 Å². The molecule has 1 aromatic heterocycles. The van der Waals surface area contributed by atoms with E-state index >= 15 is 0 Å². The normalized spacial score (nSPS) is 23.0. The Morgan fingerprint density at radius 3 is 2.86 bits per heavy atom. The van der Waals surface area contributed by atoms with Crippen LogP contribution in [-0.4, -0.2) is 39.2 Å². The lowest BCUT2D eigenvalue weighted by atomic mass is 10.1. The van der Waals surface area contributed by atoms with Crippen molar-refractivity contribution in [2.75, 3.05) is 13.7 Å². The number of rotatable bonds is 3. The summed E-state index contributed by atoms with van der Waals surface area (Å²) in [5.41, 5.74) is 1.22. The maximum Gasteiger partial charge on any atom is 0.226 e. The van der Waals surface area contributed by atoms with Crippen LogP contribution in [0.4, 0.5) is 0 Å². The summed E-state index contributed by atoms with van der Waals surface area (Å²) in [6, 6.07) is 8.03. The molecular formula is C16H18N4O2. The van der Waals surface area contributed by atoms with E-state index < -0.39 is 0 Å². The highest BCUT2D eigenvalue weighted by molar-refractivity contribution is 5.83. The third-order valence-electron chi connectivity index (χ3n) is 4.60. The molecule has 1 fully saturated rings. The van der Waals surface area contributed by atoms with E-state index in [9.17, 15) is 4.79 Å². The van der Waals surface area contributed by atoms with E-state index in [0.29, 0.717) is 12.5 Å². The van der Waals surface area contributed by atoms with Crippen molar-refractivity contribution in [3.63, 3.8) is 0 Å². The van der Waals surface area contributed by atoms with Gasteiger partial charge in [-0.25, -0.2) is 0 Å². The van der Waals surface area contributed by atoms with Gasteiger partial charge in [-0.15, -0.1) is 10.2 Å². The van der Waals surface area contributed by atoms with Crippen molar-refractivity contribution in [3.05, 3.63) is 42.0 Å². The van der Waals surface area contributed by atoms with E-state index in [0.717, 1.165) is 31.1 Å². The zero-order valence-electron chi connectivity index (χ0n) is 12.5. The number of carbonyl (C=O) groups is 1. The average Bonchev–Trinajstić information content (AvgIpc) is 3.23. The number of hydrogen-bond donors (Lipinski definition) is 0. The predicted octanol–water partition coefficient (Wildman–Crippen LogP) is 1.43. The first-order valence-electron chi connectivity index (χ1n) is 7.55. The van der Waals surface area contributed by atoms with E-state index in [4.69, 9.17) is 4.74 Å². The van der Waals surface area contributed by atoms with Crippen molar-refractivity contribution in [2.24, 2.45) is 5.92 Å². The van der Waals surface area contributed by atoms with E-state index in [1.165, 1.54) is 5.56 Å². The molecule has 0 saturated heterocycles. The van der Waals surface area contributed by atoms with Gasteiger partial charge in [-0.2, -0.15) is 0 Å². The first kappa shape index (κ1) is 13.3. The Balaban J connectivity index is 1.42. The highest BCUT2D eigenvalue weighted by Crippen LogP contribution is 2.48. The van der Waals surface area contributed by atoms with Crippen LogP contribution in [0.2, 0.25) is 0 Å². The van der Waals surface area contributed by atoms with Crippen LogP contribution in [0.25, 0.3) is 0 Å². The lowest BCUT2D eigenvalue weighted by molar-refractivity contribution is -0.134. The molecule has 2 aromatic rings. The topological polar surface area (TPSA) is 60.2 Å². The van der Waals surface area contributed by atoms with Crippen LogP contribution < -0.4 is 4.74 Å². The lowest BCUT2D eigenvalue weighted by Crippen LogP contribution is -2.39. The fraction of sp³-hybridized carbons (Fsp3) is 0.438. The van der Waals surface area contributed by atoms with Gasteiger partial charge < -0.3 is 14.2 Å². The second kappa shape index (κ2) is 5.12. The van der Waals surface area contributed by atoms with Crippen LogP contribution in [0.5, 0.6) is 5.75 Å². The number of methoxy groups -OCH3 is 1. The number of aromatic nitrogens is 3. The van der Waals surface area contributed by atoms with E-state index in [1.54, 1.807) is 13.4 Å². The minimum absolute atomic E-state index is 0.114. The van der Waals surface area contributed by atoms with E-state index in [2.05, 4.69) is 22.3 Å². The summed E-state index contributed by atoms with van der Waals surface area (Å²) >= 11 is 0. The monoisotopic (exact) mass is 298 g/mol. The number of amides is 1. The molecular weight excluding hydrogens is 280 g/mol. The Kier molecular flexibility index (Phi) is 3.10. The van der Waals surface area contributed by atoms with Crippen LogP contribution in [0, 0.1) is 5.92 Å². The summed E-state index contributed by atoms with van der Waals surface area (Å²) in [5, 5.41) is 7.97. The Morgan fingerprint density at radius 2 is 2.09 bits per heavy atom. The highest BCUT2D eigenvalue weighted by atomic mass is 16.5. The van der Waals surface area contributed by atoms with Crippen LogP contribution in [0.1, 0.15) is 23.7 Å². The van der Waals surface area contributed by atoms with Gasteiger partial charge in [0.2, 0.25) is 5.91 Å². The Morgan fingerprint density at radius 1 is 1.27 bits per heavy atom. The molecule has 6 heteroatoms. The largest absolute Gasteiger partial charge is 0.497 e. The third-order valence-corrected chi connectivity index (χ3v) is 4.60. The fourth-order valence-corrected chi connectivity index (χ4v) is 3.18. The SMILES string of the molecule is COc1ccc([C@@H]2C[C@H]2C(=O)N2CCn3cnnc3C2)cc1. The molecule has 6 nitrogen and oxygen atoms in total. The van der Waals surface area contributed by atoms with Crippen molar-refractivity contribution in [1.29, 1.82) is 0 Å². The van der Waals surface area contributed by atoms with Crippen molar-refractivity contribution in [2.45, 2.75) is 25.4 Å². The standard InChI is InChI=1S/C16H18N4O2/c1-22-12-4-2-11(3-5-12)13-8-14(13)16(21)19-6-7-20-10-17-18-15(20)9-19/h2-5,10,13-14H,6-9H2,1H3/t13-,14+/m0/s1. The minimum Gasteiger partial charge on any atom is -0.497 e. The van der Waals surface area contributed by atoms with E-state index in [-0.39, 0.29) is 11.8 Å². The maximum absolute atomic E-state index is 12.6. The van der Waals surface area contributed by atoms with Gasteiger partial charge in [-0.1, -0.05) is 12.1 Å². The second-order valence-electron chi connectivity index (χ2n) is 5.92. The maximum atomic E-state index is 12.6. The second-order valence-corrected chi connectivity index (χ2v) is 5.92. The number of nitrogens with zero attached hydrogens (tertiary/aromatic N) is 4. The molecule has 1 amide bonds. The first-order valence-corrected chi connectivity index (χ1v) is 7.55. The molecule has 2 heterocycles. The molecule has 1 aliphatic heterocycles. The molecule has 0 spiro atoms. The quantitative estimate of drug-likeness (QED) is 0.860. The molecule has 2 aliphatic rings. The smallest absolute Gasteiger partial charge is 0.226 e.